The van der Waals surface area contributed by atoms with Crippen LogP contribution in [-0.2, 0) is 20.7 Å². The normalized spacial score (nSPS) is 16.8. The van der Waals surface area contributed by atoms with Crippen LogP contribution in [0.5, 0.6) is 11.5 Å². The second-order valence-electron chi connectivity index (χ2n) is 10.6. The van der Waals surface area contributed by atoms with Crippen LogP contribution in [0.15, 0.2) is 60.8 Å². The summed E-state index contributed by atoms with van der Waals surface area (Å²) in [5.74, 6) is 1.05. The molecule has 9 nitrogen and oxygen atoms in total. The lowest BCUT2D eigenvalue weighted by molar-refractivity contribution is -0.140. The van der Waals surface area contributed by atoms with Gasteiger partial charge in [-0.05, 0) is 79.3 Å². The van der Waals surface area contributed by atoms with Gasteiger partial charge in [0.05, 0.1) is 31.9 Å². The summed E-state index contributed by atoms with van der Waals surface area (Å²) in [4.78, 5) is 46.2. The Hall–Kier alpha value is -4.40. The van der Waals surface area contributed by atoms with Gasteiger partial charge >= 0.3 is 5.97 Å². The molecule has 0 saturated carbocycles. The number of aryl methyl sites for hydroxylation is 1. The van der Waals surface area contributed by atoms with Gasteiger partial charge in [0.15, 0.2) is 0 Å². The van der Waals surface area contributed by atoms with Crippen LogP contribution in [0.1, 0.15) is 64.5 Å². The van der Waals surface area contributed by atoms with Gasteiger partial charge in [0.25, 0.3) is 5.91 Å². The van der Waals surface area contributed by atoms with Crippen molar-refractivity contribution in [3.05, 3.63) is 88.7 Å². The predicted molar refractivity (Wildman–Crippen MR) is 156 cm³/mol. The summed E-state index contributed by atoms with van der Waals surface area (Å²) in [6, 6.07) is 17.3. The lowest BCUT2D eigenvalue weighted by Gasteiger charge is -2.38. The lowest BCUT2D eigenvalue weighted by atomic mass is 9.87. The van der Waals surface area contributed by atoms with Gasteiger partial charge in [-0.3, -0.25) is 19.4 Å². The standard InChI is InChI=1S/C33H37N3O6/c1-23-10-11-26(22-34-23)33(39)36-16-14-24-20-28-12-13-29(24)32(36)25-6-3-7-27(21-25)41-18-5-15-35(17-19-42-28)30(37)8-4-9-31(38)40-2/h3,6-7,10-13,20-22,32H,4-5,8-9,14-19H2,1-2H3. The van der Waals surface area contributed by atoms with E-state index >= 15 is 0 Å². The van der Waals surface area contributed by atoms with Crippen LogP contribution in [0.25, 0.3) is 0 Å². The van der Waals surface area contributed by atoms with Gasteiger partial charge in [-0.15, -0.1) is 0 Å². The summed E-state index contributed by atoms with van der Waals surface area (Å²) >= 11 is 0. The minimum atomic E-state index is -0.316. The molecule has 2 aromatic carbocycles. The van der Waals surface area contributed by atoms with Gasteiger partial charge < -0.3 is 24.0 Å². The van der Waals surface area contributed by atoms with E-state index in [4.69, 9.17) is 9.47 Å². The third-order valence-electron chi connectivity index (χ3n) is 7.76. The zero-order valence-electron chi connectivity index (χ0n) is 24.2. The van der Waals surface area contributed by atoms with E-state index in [9.17, 15) is 14.4 Å². The van der Waals surface area contributed by atoms with Crippen molar-refractivity contribution in [3.63, 3.8) is 0 Å². The van der Waals surface area contributed by atoms with Crippen molar-refractivity contribution < 1.29 is 28.6 Å². The third kappa shape index (κ3) is 6.90. The minimum absolute atomic E-state index is 0.0209. The summed E-state index contributed by atoms with van der Waals surface area (Å²) in [5.41, 5.74) is 4.56. The van der Waals surface area contributed by atoms with Gasteiger partial charge in [0.1, 0.15) is 18.1 Å². The van der Waals surface area contributed by atoms with E-state index in [0.29, 0.717) is 63.4 Å². The number of fused-ring (bicyclic) bond motifs is 8. The Kier molecular flexibility index (Phi) is 9.36. The minimum Gasteiger partial charge on any atom is -0.494 e. The van der Waals surface area contributed by atoms with Crippen molar-refractivity contribution in [2.45, 2.75) is 45.1 Å². The van der Waals surface area contributed by atoms with Gasteiger partial charge in [-0.2, -0.15) is 0 Å². The van der Waals surface area contributed by atoms with Crippen molar-refractivity contribution >= 4 is 17.8 Å². The Bertz CT molecular complexity index is 1420. The molecule has 1 atom stereocenters. The monoisotopic (exact) mass is 571 g/mol. The van der Waals surface area contributed by atoms with E-state index in [0.717, 1.165) is 28.1 Å². The molecule has 9 heteroatoms. The molecule has 3 aromatic rings. The Morgan fingerprint density at radius 1 is 0.952 bits per heavy atom. The number of esters is 1. The van der Waals surface area contributed by atoms with E-state index in [-0.39, 0.29) is 36.7 Å². The smallest absolute Gasteiger partial charge is 0.305 e. The highest BCUT2D eigenvalue weighted by molar-refractivity contribution is 5.94. The number of pyridine rings is 1. The maximum atomic E-state index is 13.8. The Morgan fingerprint density at radius 3 is 2.60 bits per heavy atom. The molecular weight excluding hydrogens is 534 g/mol. The number of methoxy groups -OCH3 is 1. The highest BCUT2D eigenvalue weighted by atomic mass is 16.5. The number of amides is 2. The fourth-order valence-electron chi connectivity index (χ4n) is 5.53. The topological polar surface area (TPSA) is 98.3 Å². The number of carbonyl (C=O) groups excluding carboxylic acids is 3. The molecule has 1 unspecified atom stereocenters. The number of benzene rings is 2. The molecule has 1 aromatic heterocycles. The van der Waals surface area contributed by atoms with E-state index in [1.807, 2.05) is 66.4 Å². The predicted octanol–water partition coefficient (Wildman–Crippen LogP) is 4.51. The fourth-order valence-corrected chi connectivity index (χ4v) is 5.53. The molecule has 0 spiro atoms. The molecule has 6 rings (SSSR count). The number of rotatable bonds is 5. The first-order valence-corrected chi connectivity index (χ1v) is 14.5. The summed E-state index contributed by atoms with van der Waals surface area (Å²) < 4.78 is 16.9. The van der Waals surface area contributed by atoms with Crippen LogP contribution in [0.3, 0.4) is 0 Å². The average Bonchev–Trinajstić information content (AvgIpc) is 3.01. The van der Waals surface area contributed by atoms with Crippen LogP contribution < -0.4 is 9.47 Å². The van der Waals surface area contributed by atoms with E-state index in [1.54, 1.807) is 11.1 Å². The van der Waals surface area contributed by atoms with E-state index < -0.39 is 0 Å². The molecule has 0 saturated heterocycles. The second-order valence-corrected chi connectivity index (χ2v) is 10.6. The molecule has 6 bridgehead atoms. The SMILES string of the molecule is COC(=O)CCCC(=O)N1CCCOc2cccc(c2)C2c3ccc(cc3CCN2C(=O)c2ccc(C)nc2)OCC1. The molecule has 2 amide bonds. The number of hydrogen-bond donors (Lipinski definition) is 0. The van der Waals surface area contributed by atoms with Crippen molar-refractivity contribution in [1.29, 1.82) is 0 Å². The molecule has 42 heavy (non-hydrogen) atoms. The Labute approximate surface area is 246 Å². The summed E-state index contributed by atoms with van der Waals surface area (Å²) in [5, 5.41) is 0. The van der Waals surface area contributed by atoms with E-state index in [2.05, 4.69) is 9.72 Å². The Balaban J connectivity index is 1.40. The van der Waals surface area contributed by atoms with Crippen LogP contribution in [-0.4, -0.2) is 72.5 Å². The summed E-state index contributed by atoms with van der Waals surface area (Å²) in [6.07, 6.45) is 3.90. The van der Waals surface area contributed by atoms with Gasteiger partial charge in [0.2, 0.25) is 5.91 Å². The highest BCUT2D eigenvalue weighted by Gasteiger charge is 2.33. The first-order chi connectivity index (χ1) is 20.4. The van der Waals surface area contributed by atoms with Gasteiger partial charge in [-0.1, -0.05) is 18.2 Å². The fraction of sp³-hybridized carbons (Fsp3) is 0.394. The molecule has 220 valence electrons. The maximum Gasteiger partial charge on any atom is 0.305 e. The average molecular weight is 572 g/mol. The molecule has 4 heterocycles. The van der Waals surface area contributed by atoms with Crippen molar-refractivity contribution in [1.82, 2.24) is 14.8 Å². The quantitative estimate of drug-likeness (QED) is 0.416. The first-order valence-electron chi connectivity index (χ1n) is 14.5. The molecular formula is C33H37N3O6. The van der Waals surface area contributed by atoms with Crippen LogP contribution in [0.4, 0.5) is 0 Å². The number of hydrogen-bond acceptors (Lipinski definition) is 7. The van der Waals surface area contributed by atoms with Crippen LogP contribution in [0, 0.1) is 6.92 Å². The number of nitrogens with zero attached hydrogens (tertiary/aromatic N) is 3. The zero-order chi connectivity index (χ0) is 29.5. The van der Waals surface area contributed by atoms with E-state index in [1.165, 1.54) is 7.11 Å². The molecule has 0 N–H and O–H groups in total. The van der Waals surface area contributed by atoms with Crippen molar-refractivity contribution in [3.8, 4) is 11.5 Å². The Morgan fingerprint density at radius 2 is 1.79 bits per heavy atom. The molecule has 0 radical (unpaired) electrons. The first kappa shape index (κ1) is 29.1. The van der Waals surface area contributed by atoms with Crippen LogP contribution in [0.2, 0.25) is 0 Å². The second kappa shape index (κ2) is 13.5. The largest absolute Gasteiger partial charge is 0.494 e. The van der Waals surface area contributed by atoms with Gasteiger partial charge in [0, 0.05) is 37.8 Å². The van der Waals surface area contributed by atoms with Crippen LogP contribution >= 0.6 is 0 Å². The highest BCUT2D eigenvalue weighted by Crippen LogP contribution is 2.38. The van der Waals surface area contributed by atoms with Crippen molar-refractivity contribution in [2.75, 3.05) is 40.0 Å². The molecule has 0 fully saturated rings. The molecule has 3 aliphatic rings. The lowest BCUT2D eigenvalue weighted by Crippen LogP contribution is -2.40. The maximum absolute atomic E-state index is 13.8. The summed E-state index contributed by atoms with van der Waals surface area (Å²) in [6.45, 7) is 4.17. The molecule has 0 aliphatic carbocycles. The molecule has 3 aliphatic heterocycles. The summed E-state index contributed by atoms with van der Waals surface area (Å²) in [7, 11) is 1.35. The number of carbonyl (C=O) groups is 3. The number of ether oxygens (including phenoxy) is 3. The van der Waals surface area contributed by atoms with Gasteiger partial charge in [-0.25, -0.2) is 0 Å². The zero-order valence-corrected chi connectivity index (χ0v) is 24.2. The third-order valence-corrected chi connectivity index (χ3v) is 7.76. The number of aromatic nitrogens is 1. The van der Waals surface area contributed by atoms with Crippen molar-refractivity contribution in [2.24, 2.45) is 0 Å².